The zero-order valence-electron chi connectivity index (χ0n) is 11.9. The first-order valence-corrected chi connectivity index (χ1v) is 8.46. The first kappa shape index (κ1) is 14.5. The summed E-state index contributed by atoms with van der Waals surface area (Å²) >= 11 is 0. The summed E-state index contributed by atoms with van der Waals surface area (Å²) in [6.45, 7) is 2.24. The van der Waals surface area contributed by atoms with Crippen LogP contribution in [-0.4, -0.2) is 49.2 Å². The van der Waals surface area contributed by atoms with Gasteiger partial charge in [-0.15, -0.1) is 0 Å². The first-order chi connectivity index (χ1) is 9.93. The molecular formula is C14H19N3O3S. The highest BCUT2D eigenvalue weighted by Gasteiger charge is 2.54. The number of hydrogen-bond acceptors (Lipinski definition) is 4. The molecule has 21 heavy (non-hydrogen) atoms. The van der Waals surface area contributed by atoms with E-state index in [1.165, 1.54) is 12.6 Å². The second-order valence-electron chi connectivity index (χ2n) is 5.72. The van der Waals surface area contributed by atoms with Crippen LogP contribution in [0.3, 0.4) is 0 Å². The van der Waals surface area contributed by atoms with E-state index < -0.39 is 15.7 Å². The van der Waals surface area contributed by atoms with Gasteiger partial charge in [0.1, 0.15) is 5.54 Å². The fraction of sp³-hybridized carbons (Fsp3) is 0.500. The third kappa shape index (κ3) is 2.56. The third-order valence-corrected chi connectivity index (χ3v) is 5.87. The van der Waals surface area contributed by atoms with Gasteiger partial charge in [-0.1, -0.05) is 30.3 Å². The molecule has 2 saturated heterocycles. The van der Waals surface area contributed by atoms with Crippen LogP contribution in [0.1, 0.15) is 18.4 Å². The first-order valence-electron chi connectivity index (χ1n) is 7.02. The summed E-state index contributed by atoms with van der Waals surface area (Å²) in [5, 5.41) is 0. The predicted octanol–water partition coefficient (Wildman–Crippen LogP) is 0.328. The van der Waals surface area contributed by atoms with E-state index in [1.807, 2.05) is 18.2 Å². The third-order valence-electron chi connectivity index (χ3n) is 4.34. The normalized spacial score (nSPS) is 24.6. The molecular weight excluding hydrogens is 290 g/mol. The Labute approximate surface area is 124 Å². The molecule has 1 N–H and O–H groups in total. The molecule has 0 aliphatic carbocycles. The van der Waals surface area contributed by atoms with Gasteiger partial charge in [0.05, 0.1) is 0 Å². The molecule has 0 radical (unpaired) electrons. The number of carbonyl (C=O) groups excluding carboxylic acids is 1. The maximum Gasteiger partial charge on any atom is 0.304 e. The molecule has 0 bridgehead atoms. The molecule has 3 rings (SSSR count). The molecule has 6 nitrogen and oxygen atoms in total. The second-order valence-corrected chi connectivity index (χ2v) is 7.43. The Morgan fingerprint density at radius 2 is 1.81 bits per heavy atom. The number of amides is 1. The van der Waals surface area contributed by atoms with Gasteiger partial charge in [-0.25, -0.2) is 4.31 Å². The van der Waals surface area contributed by atoms with Crippen molar-refractivity contribution >= 4 is 16.1 Å². The zero-order valence-corrected chi connectivity index (χ0v) is 12.8. The molecule has 114 valence electrons. The molecule has 0 aromatic heterocycles. The van der Waals surface area contributed by atoms with Crippen molar-refractivity contribution in [3.05, 3.63) is 35.9 Å². The smallest absolute Gasteiger partial charge is 0.299 e. The average Bonchev–Trinajstić information content (AvgIpc) is 2.64. The maximum atomic E-state index is 12.2. The highest BCUT2D eigenvalue weighted by Crippen LogP contribution is 2.31. The van der Waals surface area contributed by atoms with Gasteiger partial charge in [0.15, 0.2) is 0 Å². The average molecular weight is 309 g/mol. The minimum Gasteiger partial charge on any atom is -0.299 e. The van der Waals surface area contributed by atoms with Crippen molar-refractivity contribution in [3.8, 4) is 0 Å². The summed E-state index contributed by atoms with van der Waals surface area (Å²) in [4.78, 5) is 14.5. The molecule has 2 fully saturated rings. The predicted molar refractivity (Wildman–Crippen MR) is 78.5 cm³/mol. The Balaban J connectivity index is 1.67. The van der Waals surface area contributed by atoms with Gasteiger partial charge in [0, 0.05) is 26.7 Å². The largest absolute Gasteiger partial charge is 0.304 e. The zero-order chi connectivity index (χ0) is 15.1. The summed E-state index contributed by atoms with van der Waals surface area (Å²) in [5.41, 5.74) is 0.296. The molecule has 2 aliphatic heterocycles. The maximum absolute atomic E-state index is 12.2. The van der Waals surface area contributed by atoms with Crippen LogP contribution in [-0.2, 0) is 21.5 Å². The standard InChI is InChI=1S/C14H19N3O3S/c1-16-13(18)14(15-21(16,19)20)7-9-17(10-8-14)11-12-5-3-2-4-6-12/h2-6,15H,7-11H2,1H3. The highest BCUT2D eigenvalue weighted by atomic mass is 32.2. The fourth-order valence-electron chi connectivity index (χ4n) is 3.02. The van der Waals surface area contributed by atoms with Gasteiger partial charge in [-0.2, -0.15) is 13.1 Å². The van der Waals surface area contributed by atoms with Crippen LogP contribution in [0.25, 0.3) is 0 Å². The van der Waals surface area contributed by atoms with Gasteiger partial charge >= 0.3 is 10.2 Å². The van der Waals surface area contributed by atoms with E-state index in [4.69, 9.17) is 0 Å². The molecule has 1 aromatic carbocycles. The van der Waals surface area contributed by atoms with E-state index in [-0.39, 0.29) is 5.91 Å². The van der Waals surface area contributed by atoms with E-state index in [1.54, 1.807) is 0 Å². The van der Waals surface area contributed by atoms with Crippen LogP contribution >= 0.6 is 0 Å². The Morgan fingerprint density at radius 1 is 1.19 bits per heavy atom. The quantitative estimate of drug-likeness (QED) is 0.854. The minimum absolute atomic E-state index is 0.332. The molecule has 0 atom stereocenters. The van der Waals surface area contributed by atoms with E-state index in [0.717, 1.165) is 10.8 Å². The molecule has 7 heteroatoms. The molecule has 2 heterocycles. The minimum atomic E-state index is -3.64. The van der Waals surface area contributed by atoms with E-state index in [9.17, 15) is 13.2 Å². The number of rotatable bonds is 2. The van der Waals surface area contributed by atoms with Crippen LogP contribution < -0.4 is 4.72 Å². The van der Waals surface area contributed by atoms with E-state index in [0.29, 0.717) is 25.9 Å². The Kier molecular flexibility index (Phi) is 3.51. The molecule has 1 spiro atoms. The van der Waals surface area contributed by atoms with Crippen LogP contribution in [0.4, 0.5) is 0 Å². The lowest BCUT2D eigenvalue weighted by molar-refractivity contribution is -0.131. The van der Waals surface area contributed by atoms with Crippen molar-refractivity contribution < 1.29 is 13.2 Å². The SMILES string of the molecule is CN1C(=O)C2(CCN(Cc3ccccc3)CC2)NS1(=O)=O. The van der Waals surface area contributed by atoms with Gasteiger partial charge in [-0.3, -0.25) is 9.69 Å². The van der Waals surface area contributed by atoms with Crippen molar-refractivity contribution in [2.24, 2.45) is 0 Å². The summed E-state index contributed by atoms with van der Waals surface area (Å²) in [5.74, 6) is -0.332. The lowest BCUT2D eigenvalue weighted by atomic mass is 9.87. The molecule has 1 amide bonds. The number of nitrogens with zero attached hydrogens (tertiary/aromatic N) is 2. The number of nitrogens with one attached hydrogen (secondary N) is 1. The number of likely N-dealkylation sites (tertiary alicyclic amines) is 1. The number of piperidine rings is 1. The van der Waals surface area contributed by atoms with Gasteiger partial charge in [-0.05, 0) is 18.4 Å². The Hall–Kier alpha value is -1.44. The Morgan fingerprint density at radius 3 is 2.33 bits per heavy atom. The van der Waals surface area contributed by atoms with Crippen LogP contribution in [0.2, 0.25) is 0 Å². The summed E-state index contributed by atoms with van der Waals surface area (Å²) in [6, 6.07) is 10.1. The summed E-state index contributed by atoms with van der Waals surface area (Å²) in [6.07, 6.45) is 1.03. The van der Waals surface area contributed by atoms with Gasteiger partial charge in [0.25, 0.3) is 5.91 Å². The Bertz CT molecular complexity index is 637. The van der Waals surface area contributed by atoms with Crippen molar-refractivity contribution in [3.63, 3.8) is 0 Å². The second kappa shape index (κ2) is 5.08. The molecule has 1 aromatic rings. The highest BCUT2D eigenvalue weighted by molar-refractivity contribution is 7.88. The molecule has 0 saturated carbocycles. The fourth-order valence-corrected chi connectivity index (χ4v) is 4.34. The monoisotopic (exact) mass is 309 g/mol. The van der Waals surface area contributed by atoms with E-state index in [2.05, 4.69) is 21.8 Å². The summed E-state index contributed by atoms with van der Waals surface area (Å²) < 4.78 is 27.0. The number of carbonyl (C=O) groups is 1. The topological polar surface area (TPSA) is 69.7 Å². The van der Waals surface area contributed by atoms with Crippen molar-refractivity contribution in [1.29, 1.82) is 0 Å². The molecule has 2 aliphatic rings. The van der Waals surface area contributed by atoms with Gasteiger partial charge < -0.3 is 0 Å². The van der Waals surface area contributed by atoms with Crippen molar-refractivity contribution in [2.75, 3.05) is 20.1 Å². The summed E-state index contributed by atoms with van der Waals surface area (Å²) in [7, 11) is -2.33. The molecule has 0 unspecified atom stereocenters. The number of hydrogen-bond donors (Lipinski definition) is 1. The number of likely N-dealkylation sites (N-methyl/N-ethyl adjacent to an activating group) is 1. The van der Waals surface area contributed by atoms with Crippen LogP contribution in [0.15, 0.2) is 30.3 Å². The van der Waals surface area contributed by atoms with E-state index >= 15 is 0 Å². The van der Waals surface area contributed by atoms with Crippen molar-refractivity contribution in [2.45, 2.75) is 24.9 Å². The lowest BCUT2D eigenvalue weighted by Crippen LogP contribution is -2.54. The van der Waals surface area contributed by atoms with Crippen LogP contribution in [0.5, 0.6) is 0 Å². The number of benzene rings is 1. The van der Waals surface area contributed by atoms with Crippen LogP contribution in [0, 0.1) is 0 Å². The van der Waals surface area contributed by atoms with Gasteiger partial charge in [0.2, 0.25) is 0 Å². The van der Waals surface area contributed by atoms with Crippen molar-refractivity contribution in [1.82, 2.24) is 13.9 Å². The lowest BCUT2D eigenvalue weighted by Gasteiger charge is -2.36.